The van der Waals surface area contributed by atoms with Crippen LogP contribution in [-0.2, 0) is 33.2 Å². The lowest BCUT2D eigenvalue weighted by Crippen LogP contribution is -2.67. The Bertz CT molecular complexity index is 1180. The van der Waals surface area contributed by atoms with E-state index < -0.39 is 128 Å². The second kappa shape index (κ2) is 17.3. The zero-order valence-electron chi connectivity index (χ0n) is 28.2. The lowest BCUT2D eigenvalue weighted by atomic mass is 9.83. The van der Waals surface area contributed by atoms with Crippen LogP contribution in [0.5, 0.6) is 0 Å². The Morgan fingerprint density at radius 3 is 2.16 bits per heavy atom. The zero-order chi connectivity index (χ0) is 37.2. The van der Waals surface area contributed by atoms with Crippen molar-refractivity contribution >= 4 is 5.91 Å². The van der Waals surface area contributed by atoms with Gasteiger partial charge in [-0.3, -0.25) is 4.79 Å². The van der Waals surface area contributed by atoms with Crippen LogP contribution in [-0.4, -0.2) is 185 Å². The highest BCUT2D eigenvalue weighted by atomic mass is 16.8. The molecule has 19 atom stereocenters. The SMILES string of the molecule is NCCCNC[C@@H]1C=C[C@@H](N)[C@@H](O[C@H]2[C@H](O[C@@H]3O[C@H](CO)[C@@H](O[C@H]4O[C@@H](CN)[C@@H](O)[C@H](O)[C@H]4N)[C@H]3O)[C@@H](O)[C@H](NC(=O)C3(O)CC3N)C[C@@H]2N)O1. The Labute approximate surface area is 294 Å². The van der Waals surface area contributed by atoms with Crippen LogP contribution in [0.3, 0.4) is 0 Å². The van der Waals surface area contributed by atoms with E-state index in [-0.39, 0.29) is 19.4 Å². The second-order valence-corrected chi connectivity index (χ2v) is 13.9. The van der Waals surface area contributed by atoms with E-state index in [2.05, 4.69) is 10.6 Å². The van der Waals surface area contributed by atoms with Crippen molar-refractivity contribution in [3.8, 4) is 0 Å². The number of carbonyl (C=O) groups is 1. The molecule has 0 aromatic rings. The first-order valence-electron chi connectivity index (χ1n) is 17.3. The molecule has 21 nitrogen and oxygen atoms in total. The maximum Gasteiger partial charge on any atom is 0.253 e. The summed E-state index contributed by atoms with van der Waals surface area (Å²) in [6.45, 7) is 0.780. The average molecular weight is 737 g/mol. The summed E-state index contributed by atoms with van der Waals surface area (Å²) < 4.78 is 35.9. The van der Waals surface area contributed by atoms with Crippen LogP contribution in [0.1, 0.15) is 19.3 Å². The summed E-state index contributed by atoms with van der Waals surface area (Å²) in [5.41, 5.74) is 34.1. The molecule has 51 heavy (non-hydrogen) atoms. The first kappa shape index (κ1) is 40.6. The van der Waals surface area contributed by atoms with Crippen LogP contribution in [0.2, 0.25) is 0 Å². The Balaban J connectivity index is 1.33. The van der Waals surface area contributed by atoms with Gasteiger partial charge in [-0.2, -0.15) is 0 Å². The minimum Gasteiger partial charge on any atom is -0.394 e. The van der Waals surface area contributed by atoms with Gasteiger partial charge >= 0.3 is 0 Å². The van der Waals surface area contributed by atoms with Gasteiger partial charge in [0, 0.05) is 31.6 Å². The fourth-order valence-electron chi connectivity index (χ4n) is 6.77. The predicted molar refractivity (Wildman–Crippen MR) is 174 cm³/mol. The van der Waals surface area contributed by atoms with Gasteiger partial charge in [0.2, 0.25) is 0 Å². The first-order valence-corrected chi connectivity index (χ1v) is 17.3. The van der Waals surface area contributed by atoms with Gasteiger partial charge in [-0.1, -0.05) is 12.2 Å². The molecule has 2 aliphatic carbocycles. The van der Waals surface area contributed by atoms with Crippen molar-refractivity contribution in [2.45, 2.75) is 135 Å². The molecule has 0 spiro atoms. The zero-order valence-corrected chi connectivity index (χ0v) is 28.2. The maximum atomic E-state index is 12.9. The maximum absolute atomic E-state index is 12.9. The molecule has 21 heteroatoms. The Hall–Kier alpha value is -1.55. The monoisotopic (exact) mass is 736 g/mol. The van der Waals surface area contributed by atoms with Crippen molar-refractivity contribution in [1.82, 2.24) is 10.6 Å². The molecule has 0 radical (unpaired) electrons. The second-order valence-electron chi connectivity index (χ2n) is 13.9. The number of aliphatic hydroxyl groups is 6. The van der Waals surface area contributed by atoms with Crippen LogP contribution in [0, 0.1) is 0 Å². The lowest BCUT2D eigenvalue weighted by molar-refractivity contribution is -0.284. The molecule has 3 aliphatic heterocycles. The molecule has 2 unspecified atom stereocenters. The molecular weight excluding hydrogens is 680 g/mol. The van der Waals surface area contributed by atoms with Crippen molar-refractivity contribution in [1.29, 1.82) is 0 Å². The van der Waals surface area contributed by atoms with Gasteiger partial charge in [-0.15, -0.1) is 0 Å². The summed E-state index contributed by atoms with van der Waals surface area (Å²) >= 11 is 0. The number of rotatable bonds is 15. The molecule has 294 valence electrons. The predicted octanol–water partition coefficient (Wildman–Crippen LogP) is -8.46. The van der Waals surface area contributed by atoms with E-state index in [1.54, 1.807) is 12.2 Å². The molecule has 1 amide bonds. The van der Waals surface area contributed by atoms with Crippen LogP contribution in [0.15, 0.2) is 12.2 Å². The molecule has 20 N–H and O–H groups in total. The number of aliphatic hydroxyl groups excluding tert-OH is 5. The summed E-state index contributed by atoms with van der Waals surface area (Å²) in [4.78, 5) is 12.9. The molecule has 0 aromatic carbocycles. The average Bonchev–Trinajstić information content (AvgIpc) is 3.63. The Morgan fingerprint density at radius 1 is 0.843 bits per heavy atom. The van der Waals surface area contributed by atoms with E-state index in [4.69, 9.17) is 62.8 Å². The van der Waals surface area contributed by atoms with Crippen LogP contribution < -0.4 is 45.0 Å². The quantitative estimate of drug-likeness (QED) is 0.0548. The number of nitrogens with one attached hydrogen (secondary N) is 2. The summed E-state index contributed by atoms with van der Waals surface area (Å²) in [7, 11) is 0. The smallest absolute Gasteiger partial charge is 0.253 e. The molecule has 4 fully saturated rings. The third-order valence-electron chi connectivity index (χ3n) is 10.1. The van der Waals surface area contributed by atoms with Crippen LogP contribution in [0.25, 0.3) is 0 Å². The van der Waals surface area contributed by atoms with E-state index in [0.717, 1.165) is 6.42 Å². The standard InChI is InChI=1S/C30H56N8O13/c31-4-1-5-37-9-11-2-3-12(33)26(46-11)49-23-13(34)6-14(38-29(44)30(45)7-17(30)35)19(40)25(23)51-28-22(43)24(16(10-39)48-28)50-27-18(36)21(42)20(41)15(8-32)47-27/h2-3,11-28,37,39-43,45H,1,4-10,31-36H2,(H,38,44)/t11-,12+,13-,14+,15-,16+,17?,18+,19-,20+,21+,22+,23+,24+,25+,26+,27+,28-,30?/m0/s1. The molecule has 0 bridgehead atoms. The highest BCUT2D eigenvalue weighted by Gasteiger charge is 2.59. The fraction of sp³-hybridized carbons (Fsp3) is 0.900. The summed E-state index contributed by atoms with van der Waals surface area (Å²) in [5, 5.41) is 70.2. The third-order valence-corrected chi connectivity index (χ3v) is 10.1. The number of hydrogen-bond acceptors (Lipinski definition) is 20. The minimum absolute atomic E-state index is 0.0307. The number of hydrogen-bond donors (Lipinski definition) is 14. The first-order chi connectivity index (χ1) is 24.2. The molecular formula is C30H56N8O13. The van der Waals surface area contributed by atoms with Gasteiger partial charge in [-0.05, 0) is 25.9 Å². The Kier molecular flexibility index (Phi) is 13.8. The van der Waals surface area contributed by atoms with Crippen LogP contribution >= 0.6 is 0 Å². The fourth-order valence-corrected chi connectivity index (χ4v) is 6.77. The molecule has 3 heterocycles. The van der Waals surface area contributed by atoms with Crippen molar-refractivity contribution in [3.63, 3.8) is 0 Å². The van der Waals surface area contributed by atoms with Crippen LogP contribution in [0.4, 0.5) is 0 Å². The number of ether oxygens (including phenoxy) is 6. The Morgan fingerprint density at radius 2 is 1.51 bits per heavy atom. The minimum atomic E-state index is -1.80. The molecule has 2 saturated carbocycles. The van der Waals surface area contributed by atoms with Gasteiger partial charge < -0.3 is 104 Å². The van der Waals surface area contributed by atoms with Gasteiger partial charge in [0.05, 0.1) is 30.8 Å². The normalized spacial score (nSPS) is 48.5. The van der Waals surface area contributed by atoms with E-state index in [1.165, 1.54) is 0 Å². The van der Waals surface area contributed by atoms with Gasteiger partial charge in [0.1, 0.15) is 54.9 Å². The largest absolute Gasteiger partial charge is 0.394 e. The van der Waals surface area contributed by atoms with Gasteiger partial charge in [-0.25, -0.2) is 0 Å². The lowest BCUT2D eigenvalue weighted by Gasteiger charge is -2.46. The van der Waals surface area contributed by atoms with Gasteiger partial charge in [0.25, 0.3) is 5.91 Å². The number of carbonyl (C=O) groups excluding carboxylic acids is 1. The molecule has 5 rings (SSSR count). The molecule has 0 aromatic heterocycles. The third kappa shape index (κ3) is 8.89. The molecule has 5 aliphatic rings. The van der Waals surface area contributed by atoms with E-state index in [0.29, 0.717) is 19.6 Å². The van der Waals surface area contributed by atoms with Crippen molar-refractivity contribution < 1.29 is 63.9 Å². The summed E-state index contributed by atoms with van der Waals surface area (Å²) in [5.74, 6) is -0.796. The highest BCUT2D eigenvalue weighted by Crippen LogP contribution is 2.37. The highest BCUT2D eigenvalue weighted by molar-refractivity contribution is 5.89. The number of amides is 1. The van der Waals surface area contributed by atoms with Crippen molar-refractivity contribution in [3.05, 3.63) is 12.2 Å². The van der Waals surface area contributed by atoms with Crippen molar-refractivity contribution in [2.75, 3.05) is 32.8 Å². The van der Waals surface area contributed by atoms with Gasteiger partial charge in [0.15, 0.2) is 24.5 Å². The van der Waals surface area contributed by atoms with Crippen molar-refractivity contribution in [2.24, 2.45) is 34.4 Å². The van der Waals surface area contributed by atoms with E-state index >= 15 is 0 Å². The summed E-state index contributed by atoms with van der Waals surface area (Å²) in [6, 6.07) is -4.77. The molecule has 2 saturated heterocycles. The van der Waals surface area contributed by atoms with E-state index in [9.17, 15) is 35.4 Å². The number of nitrogens with two attached hydrogens (primary N) is 6. The van der Waals surface area contributed by atoms with E-state index in [1.807, 2.05) is 0 Å². The summed E-state index contributed by atoms with van der Waals surface area (Å²) in [6.07, 6.45) is -12.4. The topological polar surface area (TPSA) is 374 Å².